The first-order valence-electron chi connectivity index (χ1n) is 10.8. The summed E-state index contributed by atoms with van der Waals surface area (Å²) in [6, 6.07) is 22.3. The van der Waals surface area contributed by atoms with E-state index in [0.717, 1.165) is 4.68 Å². The minimum absolute atomic E-state index is 0.107. The molecular weight excluding hydrogens is 464 g/mol. The summed E-state index contributed by atoms with van der Waals surface area (Å²) in [6.45, 7) is -0.370. The second-order valence-corrected chi connectivity index (χ2v) is 7.33. The van der Waals surface area contributed by atoms with Crippen molar-refractivity contribution >= 4 is 17.7 Å². The fourth-order valence-electron chi connectivity index (χ4n) is 3.17. The lowest BCUT2D eigenvalue weighted by atomic mass is 10.3. The van der Waals surface area contributed by atoms with Crippen LogP contribution in [0.3, 0.4) is 0 Å². The number of esters is 1. The number of nitrogens with one attached hydrogen (secondary N) is 1. The summed E-state index contributed by atoms with van der Waals surface area (Å²) in [5.74, 6) is -0.780. The molecule has 0 saturated carbocycles. The highest BCUT2D eigenvalue weighted by Gasteiger charge is 2.18. The van der Waals surface area contributed by atoms with Gasteiger partial charge in [-0.05, 0) is 30.3 Å². The van der Waals surface area contributed by atoms with E-state index in [9.17, 15) is 19.6 Å². The zero-order valence-electron chi connectivity index (χ0n) is 18.9. The van der Waals surface area contributed by atoms with E-state index in [4.69, 9.17) is 9.47 Å². The second kappa shape index (κ2) is 11.3. The molecule has 36 heavy (non-hydrogen) atoms. The molecule has 0 bridgehead atoms. The minimum Gasteiger partial charge on any atom is -0.492 e. The highest BCUT2D eigenvalue weighted by Crippen LogP contribution is 2.19. The highest BCUT2D eigenvalue weighted by atomic mass is 16.5. The van der Waals surface area contributed by atoms with Crippen molar-refractivity contribution in [2.45, 2.75) is 6.54 Å². The van der Waals surface area contributed by atoms with E-state index in [-0.39, 0.29) is 30.2 Å². The van der Waals surface area contributed by atoms with Crippen LogP contribution in [0, 0.1) is 11.3 Å². The van der Waals surface area contributed by atoms with Gasteiger partial charge < -0.3 is 14.8 Å². The van der Waals surface area contributed by atoms with Crippen molar-refractivity contribution in [3.05, 3.63) is 101 Å². The number of nitrogens with zero attached hydrogens (tertiary/aromatic N) is 5. The minimum atomic E-state index is -0.889. The topological polar surface area (TPSA) is 141 Å². The summed E-state index contributed by atoms with van der Waals surface area (Å²) < 4.78 is 13.1. The van der Waals surface area contributed by atoms with Crippen LogP contribution in [-0.4, -0.2) is 44.7 Å². The van der Waals surface area contributed by atoms with E-state index in [2.05, 4.69) is 15.5 Å². The van der Waals surface area contributed by atoms with Gasteiger partial charge in [0.25, 0.3) is 11.5 Å². The number of nitriles is 1. The van der Waals surface area contributed by atoms with Gasteiger partial charge in [-0.15, -0.1) is 0 Å². The predicted octanol–water partition coefficient (Wildman–Crippen LogP) is 2.18. The third-order valence-corrected chi connectivity index (χ3v) is 4.87. The van der Waals surface area contributed by atoms with Crippen molar-refractivity contribution in [2.24, 2.45) is 0 Å². The fraction of sp³-hybridized carbons (Fsp3) is 0.120. The molecule has 0 saturated heterocycles. The average Bonchev–Trinajstić information content (AvgIpc) is 3.31. The zero-order valence-corrected chi connectivity index (χ0v) is 18.9. The van der Waals surface area contributed by atoms with E-state index in [1.807, 2.05) is 30.3 Å². The van der Waals surface area contributed by atoms with Crippen LogP contribution in [-0.2, 0) is 16.1 Å². The number of ether oxygens (including phenoxy) is 2. The Morgan fingerprint density at radius 3 is 2.44 bits per heavy atom. The van der Waals surface area contributed by atoms with Crippen LogP contribution >= 0.6 is 0 Å². The van der Waals surface area contributed by atoms with Gasteiger partial charge in [0.05, 0.1) is 18.4 Å². The molecule has 0 aliphatic rings. The number of aromatic nitrogens is 4. The molecule has 1 amide bonds. The first-order valence-corrected chi connectivity index (χ1v) is 10.8. The molecule has 0 atom stereocenters. The van der Waals surface area contributed by atoms with Crippen LogP contribution in [0.1, 0.15) is 16.1 Å². The van der Waals surface area contributed by atoms with Crippen LogP contribution < -0.4 is 15.6 Å². The van der Waals surface area contributed by atoms with Crippen LogP contribution in [0.15, 0.2) is 83.8 Å². The van der Waals surface area contributed by atoms with Crippen molar-refractivity contribution in [3.8, 4) is 17.5 Å². The smallest absolute Gasteiger partial charge is 0.359 e. The Kier molecular flexibility index (Phi) is 7.47. The van der Waals surface area contributed by atoms with E-state index in [1.54, 1.807) is 36.4 Å². The third-order valence-electron chi connectivity index (χ3n) is 4.87. The van der Waals surface area contributed by atoms with Crippen molar-refractivity contribution in [3.63, 3.8) is 0 Å². The Morgan fingerprint density at radius 1 is 1.00 bits per heavy atom. The molecule has 2 heterocycles. The Bertz CT molecular complexity index is 1460. The van der Waals surface area contributed by atoms with Gasteiger partial charge in [-0.2, -0.15) is 15.5 Å². The average molecular weight is 484 g/mol. The standard InChI is InChI=1S/C25H20N6O5/c26-15-18-16-27-31(19-7-3-1-4-8-19)24(18)28-22(32)17-36-25(34)21-11-12-23(33)30(29-21)13-14-35-20-9-5-2-6-10-20/h1-12,16H,13-14,17H2,(H,28,32). The van der Waals surface area contributed by atoms with E-state index >= 15 is 0 Å². The van der Waals surface area contributed by atoms with Crippen LogP contribution in [0.5, 0.6) is 5.75 Å². The largest absolute Gasteiger partial charge is 0.492 e. The van der Waals surface area contributed by atoms with Crippen molar-refractivity contribution in [1.29, 1.82) is 5.26 Å². The second-order valence-electron chi connectivity index (χ2n) is 7.33. The lowest BCUT2D eigenvalue weighted by Crippen LogP contribution is -2.28. The molecule has 0 aliphatic carbocycles. The van der Waals surface area contributed by atoms with Crippen LogP contribution in [0.25, 0.3) is 5.69 Å². The third kappa shape index (κ3) is 5.81. The van der Waals surface area contributed by atoms with Crippen molar-refractivity contribution < 1.29 is 19.1 Å². The first kappa shape index (κ1) is 23.9. The Morgan fingerprint density at radius 2 is 1.72 bits per heavy atom. The number of anilines is 1. The van der Waals surface area contributed by atoms with Gasteiger partial charge in [-0.3, -0.25) is 9.59 Å². The predicted molar refractivity (Wildman–Crippen MR) is 128 cm³/mol. The molecule has 11 heteroatoms. The number of benzene rings is 2. The lowest BCUT2D eigenvalue weighted by Gasteiger charge is -2.10. The number of para-hydroxylation sites is 2. The van der Waals surface area contributed by atoms with Crippen molar-refractivity contribution in [1.82, 2.24) is 19.6 Å². The Labute approximate surface area is 205 Å². The van der Waals surface area contributed by atoms with Gasteiger partial charge in [-0.1, -0.05) is 36.4 Å². The molecule has 0 radical (unpaired) electrons. The number of carbonyl (C=O) groups is 2. The zero-order chi connectivity index (χ0) is 25.3. The van der Waals surface area contributed by atoms with Crippen molar-refractivity contribution in [2.75, 3.05) is 18.5 Å². The number of hydrogen-bond acceptors (Lipinski definition) is 8. The molecule has 4 aromatic rings. The van der Waals surface area contributed by atoms with Crippen LogP contribution in [0.4, 0.5) is 5.82 Å². The molecule has 0 aliphatic heterocycles. The number of rotatable bonds is 9. The maximum absolute atomic E-state index is 12.5. The lowest BCUT2D eigenvalue weighted by molar-refractivity contribution is -0.119. The summed E-state index contributed by atoms with van der Waals surface area (Å²) in [4.78, 5) is 37.0. The molecular formula is C25H20N6O5. The first-order chi connectivity index (χ1) is 17.5. The van der Waals surface area contributed by atoms with Gasteiger partial charge in [0.15, 0.2) is 18.1 Å². The number of amides is 1. The molecule has 0 fully saturated rings. The summed E-state index contributed by atoms with van der Waals surface area (Å²) in [7, 11) is 0. The van der Waals surface area contributed by atoms with E-state index in [0.29, 0.717) is 11.4 Å². The quantitative estimate of drug-likeness (QED) is 0.356. The van der Waals surface area contributed by atoms with E-state index in [1.165, 1.54) is 23.0 Å². The molecule has 1 N–H and O–H groups in total. The van der Waals surface area contributed by atoms with Gasteiger partial charge in [-0.25, -0.2) is 14.2 Å². The highest BCUT2D eigenvalue weighted by molar-refractivity contribution is 5.95. The normalized spacial score (nSPS) is 10.3. The summed E-state index contributed by atoms with van der Waals surface area (Å²) >= 11 is 0. The maximum atomic E-state index is 12.5. The molecule has 2 aromatic heterocycles. The van der Waals surface area contributed by atoms with Gasteiger partial charge in [0.2, 0.25) is 0 Å². The van der Waals surface area contributed by atoms with Gasteiger partial charge in [0.1, 0.15) is 24.0 Å². The fourth-order valence-corrected chi connectivity index (χ4v) is 3.17. The van der Waals surface area contributed by atoms with Gasteiger partial charge >= 0.3 is 5.97 Å². The summed E-state index contributed by atoms with van der Waals surface area (Å²) in [5, 5.41) is 20.0. The molecule has 4 rings (SSSR count). The molecule has 180 valence electrons. The molecule has 0 spiro atoms. The molecule has 11 nitrogen and oxygen atoms in total. The monoisotopic (exact) mass is 484 g/mol. The summed E-state index contributed by atoms with van der Waals surface area (Å²) in [5.41, 5.74) is 0.215. The molecule has 0 unspecified atom stereocenters. The number of hydrogen-bond donors (Lipinski definition) is 1. The maximum Gasteiger partial charge on any atom is 0.359 e. The molecule has 2 aromatic carbocycles. The summed E-state index contributed by atoms with van der Waals surface area (Å²) in [6.07, 6.45) is 1.32. The number of carbonyl (C=O) groups excluding carboxylic acids is 2. The van der Waals surface area contributed by atoms with Gasteiger partial charge in [0, 0.05) is 6.07 Å². The SMILES string of the molecule is N#Cc1cnn(-c2ccccc2)c1NC(=O)COC(=O)c1ccc(=O)n(CCOc2ccccc2)n1. The Hall–Kier alpha value is -5.24. The van der Waals surface area contributed by atoms with E-state index < -0.39 is 24.0 Å². The van der Waals surface area contributed by atoms with Crippen LogP contribution in [0.2, 0.25) is 0 Å². The Balaban J connectivity index is 1.36.